The van der Waals surface area contributed by atoms with E-state index in [9.17, 15) is 14.7 Å². The van der Waals surface area contributed by atoms with Gasteiger partial charge in [-0.3, -0.25) is 4.79 Å². The van der Waals surface area contributed by atoms with Crippen LogP contribution in [0.2, 0.25) is 0 Å². The predicted molar refractivity (Wildman–Crippen MR) is 114 cm³/mol. The van der Waals surface area contributed by atoms with Gasteiger partial charge in [-0.15, -0.1) is 0 Å². The first-order valence-electron chi connectivity index (χ1n) is 10.6. The van der Waals surface area contributed by atoms with E-state index in [4.69, 9.17) is 4.74 Å². The highest BCUT2D eigenvalue weighted by Gasteiger charge is 2.53. The van der Waals surface area contributed by atoms with Gasteiger partial charge in [0, 0.05) is 0 Å². The van der Waals surface area contributed by atoms with Gasteiger partial charge in [-0.2, -0.15) is 0 Å². The Balaban J connectivity index is 1.49. The molecule has 0 bridgehead atoms. The molecule has 1 N–H and O–H groups in total. The molecular formula is C25H29NO4. The number of rotatable bonds is 6. The largest absolute Gasteiger partial charge is 0.441 e. The van der Waals surface area contributed by atoms with E-state index < -0.39 is 29.8 Å². The fraction of sp³-hybridized carbons (Fsp3) is 0.440. The first-order chi connectivity index (χ1) is 14.3. The van der Waals surface area contributed by atoms with Gasteiger partial charge in [0.1, 0.15) is 5.60 Å². The van der Waals surface area contributed by atoms with Crippen LogP contribution in [0.3, 0.4) is 0 Å². The van der Waals surface area contributed by atoms with Crippen LogP contribution in [0, 0.1) is 11.8 Å². The van der Waals surface area contributed by atoms with E-state index in [1.807, 2.05) is 62.4 Å². The Morgan fingerprint density at radius 1 is 1.13 bits per heavy atom. The summed E-state index contributed by atoms with van der Waals surface area (Å²) >= 11 is 0. The number of aliphatic hydroxyl groups is 1. The van der Waals surface area contributed by atoms with Crippen LogP contribution in [-0.4, -0.2) is 39.8 Å². The lowest BCUT2D eigenvalue weighted by Gasteiger charge is -2.30. The summed E-state index contributed by atoms with van der Waals surface area (Å²) in [5.41, 5.74) is 1.43. The third-order valence-electron chi connectivity index (χ3n) is 6.58. The molecule has 1 heterocycles. The van der Waals surface area contributed by atoms with E-state index in [2.05, 4.69) is 12.1 Å². The molecule has 0 unspecified atom stereocenters. The van der Waals surface area contributed by atoms with Crippen molar-refractivity contribution >= 4 is 12.0 Å². The summed E-state index contributed by atoms with van der Waals surface area (Å²) < 4.78 is 5.55. The molecule has 5 heteroatoms. The minimum absolute atomic E-state index is 0.0329. The molecule has 30 heavy (non-hydrogen) atoms. The molecule has 2 fully saturated rings. The molecule has 4 rings (SSSR count). The SMILES string of the molecule is C[C@H](C(=O)N1C(=O)OC(C)(C)[C@@H]1Cc1ccccc1)[C@H](O)[C@H]1C[C@@H]1c1ccccc1. The van der Waals surface area contributed by atoms with Crippen LogP contribution in [0.25, 0.3) is 0 Å². The molecule has 2 aliphatic rings. The van der Waals surface area contributed by atoms with Crippen molar-refractivity contribution in [3.8, 4) is 0 Å². The third-order valence-corrected chi connectivity index (χ3v) is 6.58. The zero-order valence-electron chi connectivity index (χ0n) is 17.7. The summed E-state index contributed by atoms with van der Waals surface area (Å²) in [4.78, 5) is 27.2. The van der Waals surface area contributed by atoms with Gasteiger partial charge in [-0.05, 0) is 49.7 Å². The van der Waals surface area contributed by atoms with Gasteiger partial charge in [0.15, 0.2) is 0 Å². The molecular weight excluding hydrogens is 378 g/mol. The molecule has 158 valence electrons. The first kappa shape index (κ1) is 20.6. The molecule has 2 amide bonds. The van der Waals surface area contributed by atoms with Crippen LogP contribution in [0.1, 0.15) is 44.2 Å². The quantitative estimate of drug-likeness (QED) is 0.781. The fourth-order valence-electron chi connectivity index (χ4n) is 4.61. The maximum absolute atomic E-state index is 13.3. The monoisotopic (exact) mass is 407 g/mol. The van der Waals surface area contributed by atoms with Crippen LogP contribution in [0.15, 0.2) is 60.7 Å². The predicted octanol–water partition coefficient (Wildman–Crippen LogP) is 4.16. The van der Waals surface area contributed by atoms with Gasteiger partial charge in [-0.25, -0.2) is 9.69 Å². The Morgan fingerprint density at radius 2 is 1.73 bits per heavy atom. The van der Waals surface area contributed by atoms with Gasteiger partial charge in [0.2, 0.25) is 5.91 Å². The number of benzene rings is 2. The van der Waals surface area contributed by atoms with E-state index in [-0.39, 0.29) is 17.7 Å². The van der Waals surface area contributed by atoms with Crippen molar-refractivity contribution in [1.82, 2.24) is 4.90 Å². The molecule has 1 aliphatic carbocycles. The van der Waals surface area contributed by atoms with Gasteiger partial charge in [0.25, 0.3) is 0 Å². The fourth-order valence-corrected chi connectivity index (χ4v) is 4.61. The maximum atomic E-state index is 13.3. The Labute approximate surface area is 177 Å². The van der Waals surface area contributed by atoms with E-state index in [1.165, 1.54) is 10.5 Å². The van der Waals surface area contributed by atoms with E-state index in [0.717, 1.165) is 12.0 Å². The number of nitrogens with zero attached hydrogens (tertiary/aromatic N) is 1. The lowest BCUT2D eigenvalue weighted by Crippen LogP contribution is -2.49. The van der Waals surface area contributed by atoms with Crippen molar-refractivity contribution in [3.63, 3.8) is 0 Å². The van der Waals surface area contributed by atoms with Gasteiger partial charge >= 0.3 is 6.09 Å². The number of aliphatic hydroxyl groups excluding tert-OH is 1. The van der Waals surface area contributed by atoms with Crippen LogP contribution in [-0.2, 0) is 16.0 Å². The summed E-state index contributed by atoms with van der Waals surface area (Å²) in [6.07, 6.45) is -0.0480. The van der Waals surface area contributed by atoms with Crippen LogP contribution in [0.5, 0.6) is 0 Å². The molecule has 2 aromatic rings. The number of imide groups is 1. The Morgan fingerprint density at radius 3 is 2.37 bits per heavy atom. The van der Waals surface area contributed by atoms with E-state index >= 15 is 0 Å². The number of carbonyl (C=O) groups is 2. The van der Waals surface area contributed by atoms with Gasteiger partial charge in [0.05, 0.1) is 18.1 Å². The highest BCUT2D eigenvalue weighted by atomic mass is 16.6. The molecule has 1 aliphatic heterocycles. The summed E-state index contributed by atoms with van der Waals surface area (Å²) in [6, 6.07) is 19.4. The summed E-state index contributed by atoms with van der Waals surface area (Å²) in [5, 5.41) is 10.9. The lowest BCUT2D eigenvalue weighted by atomic mass is 9.90. The minimum atomic E-state index is -0.795. The zero-order valence-corrected chi connectivity index (χ0v) is 17.7. The van der Waals surface area contributed by atoms with Crippen molar-refractivity contribution in [2.45, 2.75) is 57.3 Å². The van der Waals surface area contributed by atoms with Crippen molar-refractivity contribution in [3.05, 3.63) is 71.8 Å². The molecule has 1 saturated heterocycles. The van der Waals surface area contributed by atoms with Gasteiger partial charge in [-0.1, -0.05) is 67.6 Å². The average Bonchev–Trinajstić information content (AvgIpc) is 3.50. The molecule has 2 aromatic carbocycles. The second-order valence-electron chi connectivity index (χ2n) is 9.08. The topological polar surface area (TPSA) is 66.8 Å². The van der Waals surface area contributed by atoms with Gasteiger partial charge < -0.3 is 9.84 Å². The van der Waals surface area contributed by atoms with Crippen molar-refractivity contribution in [2.75, 3.05) is 0 Å². The minimum Gasteiger partial charge on any atom is -0.441 e. The highest BCUT2D eigenvalue weighted by molar-refractivity contribution is 5.95. The zero-order chi connectivity index (χ0) is 21.5. The Bertz CT molecular complexity index is 911. The number of ether oxygens (including phenoxy) is 1. The summed E-state index contributed by atoms with van der Waals surface area (Å²) in [6.45, 7) is 5.38. The van der Waals surface area contributed by atoms with Crippen LogP contribution >= 0.6 is 0 Å². The number of hydrogen-bond acceptors (Lipinski definition) is 4. The van der Waals surface area contributed by atoms with Crippen molar-refractivity contribution in [1.29, 1.82) is 0 Å². The second-order valence-corrected chi connectivity index (χ2v) is 9.08. The van der Waals surface area contributed by atoms with Crippen molar-refractivity contribution < 1.29 is 19.4 Å². The third kappa shape index (κ3) is 3.86. The number of carbonyl (C=O) groups excluding carboxylic acids is 2. The molecule has 0 spiro atoms. The van der Waals surface area contributed by atoms with Crippen molar-refractivity contribution in [2.24, 2.45) is 11.8 Å². The summed E-state index contributed by atoms with van der Waals surface area (Å²) in [7, 11) is 0. The summed E-state index contributed by atoms with van der Waals surface area (Å²) in [5.74, 6) is -0.745. The first-order valence-corrected chi connectivity index (χ1v) is 10.6. The Hall–Kier alpha value is -2.66. The highest BCUT2D eigenvalue weighted by Crippen LogP contribution is 2.51. The molecule has 1 saturated carbocycles. The van der Waals surface area contributed by atoms with Crippen LogP contribution in [0.4, 0.5) is 4.79 Å². The van der Waals surface area contributed by atoms with E-state index in [0.29, 0.717) is 6.42 Å². The molecule has 5 atom stereocenters. The smallest absolute Gasteiger partial charge is 0.417 e. The molecule has 0 aromatic heterocycles. The molecule has 5 nitrogen and oxygen atoms in total. The maximum Gasteiger partial charge on any atom is 0.417 e. The lowest BCUT2D eigenvalue weighted by molar-refractivity contribution is -0.137. The van der Waals surface area contributed by atoms with Crippen LogP contribution < -0.4 is 0 Å². The number of hydrogen-bond donors (Lipinski definition) is 1. The average molecular weight is 408 g/mol. The van der Waals surface area contributed by atoms with E-state index in [1.54, 1.807) is 6.92 Å². The standard InChI is InChI=1S/C25H29NO4/c1-16(22(27)20-15-19(20)18-12-8-5-9-13-18)23(28)26-21(25(2,3)30-24(26)29)14-17-10-6-4-7-11-17/h4-13,16,19-22,27H,14-15H2,1-3H3/t16-,19+,20-,21-,22-/m0/s1. The molecule has 0 radical (unpaired) electrons. The normalized spacial score (nSPS) is 26.7. The number of amides is 2. The second kappa shape index (κ2) is 7.88. The Kier molecular flexibility index (Phi) is 5.41. The number of cyclic esters (lactones) is 1.